The second-order valence-corrected chi connectivity index (χ2v) is 10.7. The van der Waals surface area contributed by atoms with Crippen molar-refractivity contribution in [2.24, 2.45) is 5.73 Å². The minimum Gasteiger partial charge on any atom is -0.492 e. The molecule has 0 radical (unpaired) electrons. The molecule has 224 valence electrons. The van der Waals surface area contributed by atoms with Gasteiger partial charge in [-0.2, -0.15) is 13.2 Å². The lowest BCUT2D eigenvalue weighted by atomic mass is 9.94. The van der Waals surface area contributed by atoms with Crippen LogP contribution in [0.5, 0.6) is 5.75 Å². The van der Waals surface area contributed by atoms with Crippen molar-refractivity contribution in [3.63, 3.8) is 0 Å². The van der Waals surface area contributed by atoms with E-state index in [-0.39, 0.29) is 24.1 Å². The van der Waals surface area contributed by atoms with Crippen LogP contribution in [0.2, 0.25) is 5.02 Å². The molecule has 0 bridgehead atoms. The first kappa shape index (κ1) is 30.1. The van der Waals surface area contributed by atoms with Gasteiger partial charge >= 0.3 is 6.18 Å². The minimum absolute atomic E-state index is 0.189. The van der Waals surface area contributed by atoms with E-state index in [4.69, 9.17) is 22.1 Å². The number of imidazole rings is 1. The number of alkyl halides is 3. The van der Waals surface area contributed by atoms with Crippen molar-refractivity contribution < 1.29 is 27.5 Å². The Balaban J connectivity index is 1.35. The lowest BCUT2D eigenvalue weighted by Crippen LogP contribution is -2.46. The SMILES string of the molecule is NC(=O)[C@H](Cc1ccc(Cl)cc1)NC(=O)c1cccc2c1OCCC2N[C@@H](Cc1ccc(C(F)(F)F)cc1)c1cnc[nH]1. The third-order valence-electron chi connectivity index (χ3n) is 7.34. The summed E-state index contributed by atoms with van der Waals surface area (Å²) in [4.78, 5) is 32.8. The molecule has 8 nitrogen and oxygen atoms in total. The van der Waals surface area contributed by atoms with E-state index in [1.807, 2.05) is 6.07 Å². The molecular weight excluding hydrogens is 583 g/mol. The molecule has 2 amide bonds. The van der Waals surface area contributed by atoms with E-state index < -0.39 is 29.6 Å². The average molecular weight is 612 g/mol. The van der Waals surface area contributed by atoms with Gasteiger partial charge in [0, 0.05) is 35.7 Å². The quantitative estimate of drug-likeness (QED) is 0.194. The zero-order chi connectivity index (χ0) is 30.6. The van der Waals surface area contributed by atoms with E-state index in [9.17, 15) is 22.8 Å². The van der Waals surface area contributed by atoms with Crippen LogP contribution in [0.4, 0.5) is 13.2 Å². The highest BCUT2D eigenvalue weighted by atomic mass is 35.5. The predicted molar refractivity (Wildman–Crippen MR) is 155 cm³/mol. The number of aromatic amines is 1. The maximum absolute atomic E-state index is 13.4. The van der Waals surface area contributed by atoms with Gasteiger partial charge in [-0.1, -0.05) is 48.0 Å². The van der Waals surface area contributed by atoms with Gasteiger partial charge in [-0.15, -0.1) is 0 Å². The molecule has 3 atom stereocenters. The topological polar surface area (TPSA) is 122 Å². The van der Waals surface area contributed by atoms with Crippen LogP contribution in [-0.2, 0) is 23.8 Å². The maximum atomic E-state index is 13.4. The number of H-pyrrole nitrogens is 1. The van der Waals surface area contributed by atoms with Gasteiger partial charge in [-0.25, -0.2) is 4.98 Å². The number of amides is 2. The van der Waals surface area contributed by atoms with Crippen LogP contribution < -0.4 is 21.1 Å². The Hall–Kier alpha value is -4.35. The first-order valence-electron chi connectivity index (χ1n) is 13.6. The Morgan fingerprint density at radius 1 is 1.05 bits per heavy atom. The van der Waals surface area contributed by atoms with Crippen molar-refractivity contribution in [3.05, 3.63) is 118 Å². The number of halogens is 4. The fourth-order valence-electron chi connectivity index (χ4n) is 5.12. The number of primary amides is 1. The summed E-state index contributed by atoms with van der Waals surface area (Å²) in [5.41, 5.74) is 8.14. The summed E-state index contributed by atoms with van der Waals surface area (Å²) in [6, 6.07) is 15.6. The highest BCUT2D eigenvalue weighted by Crippen LogP contribution is 2.37. The van der Waals surface area contributed by atoms with Crippen molar-refractivity contribution in [2.75, 3.05) is 6.61 Å². The van der Waals surface area contributed by atoms with E-state index in [2.05, 4.69) is 20.6 Å². The van der Waals surface area contributed by atoms with Gasteiger partial charge in [-0.05, 0) is 47.9 Å². The van der Waals surface area contributed by atoms with Gasteiger partial charge in [-0.3, -0.25) is 9.59 Å². The molecule has 0 aliphatic carbocycles. The number of hydrogen-bond donors (Lipinski definition) is 4. The van der Waals surface area contributed by atoms with Crippen molar-refractivity contribution in [2.45, 2.75) is 43.6 Å². The van der Waals surface area contributed by atoms with Gasteiger partial charge in [0.05, 0.1) is 35.8 Å². The summed E-state index contributed by atoms with van der Waals surface area (Å²) in [7, 11) is 0. The number of benzene rings is 3. The highest BCUT2D eigenvalue weighted by molar-refractivity contribution is 6.30. The maximum Gasteiger partial charge on any atom is 0.416 e. The van der Waals surface area contributed by atoms with Crippen LogP contribution in [0, 0.1) is 0 Å². The number of carbonyl (C=O) groups excluding carboxylic acids is 2. The Labute approximate surface area is 250 Å². The van der Waals surface area contributed by atoms with Gasteiger partial charge < -0.3 is 26.1 Å². The molecule has 5 rings (SSSR count). The van der Waals surface area contributed by atoms with Gasteiger partial charge in [0.2, 0.25) is 5.91 Å². The minimum atomic E-state index is -4.41. The van der Waals surface area contributed by atoms with Gasteiger partial charge in [0.15, 0.2) is 0 Å². The van der Waals surface area contributed by atoms with Crippen molar-refractivity contribution in [3.8, 4) is 5.75 Å². The molecule has 0 saturated carbocycles. The van der Waals surface area contributed by atoms with Gasteiger partial charge in [0.25, 0.3) is 5.91 Å². The van der Waals surface area contributed by atoms with Crippen molar-refractivity contribution in [1.82, 2.24) is 20.6 Å². The zero-order valence-corrected chi connectivity index (χ0v) is 23.6. The third kappa shape index (κ3) is 7.36. The molecule has 12 heteroatoms. The fraction of sp³-hybridized carbons (Fsp3) is 0.258. The van der Waals surface area contributed by atoms with E-state index in [1.54, 1.807) is 42.6 Å². The molecule has 0 saturated heterocycles. The molecule has 0 spiro atoms. The largest absolute Gasteiger partial charge is 0.492 e. The summed E-state index contributed by atoms with van der Waals surface area (Å²) in [5, 5.41) is 6.86. The van der Waals surface area contributed by atoms with Crippen molar-refractivity contribution in [1.29, 1.82) is 0 Å². The second-order valence-electron chi connectivity index (χ2n) is 10.3. The summed E-state index contributed by atoms with van der Waals surface area (Å²) in [6.45, 7) is 0.314. The van der Waals surface area contributed by atoms with E-state index in [1.165, 1.54) is 18.5 Å². The van der Waals surface area contributed by atoms with E-state index in [0.29, 0.717) is 35.8 Å². The predicted octanol–water partition coefficient (Wildman–Crippen LogP) is 5.31. The van der Waals surface area contributed by atoms with E-state index in [0.717, 1.165) is 29.0 Å². The molecule has 5 N–H and O–H groups in total. The summed E-state index contributed by atoms with van der Waals surface area (Å²) in [6.07, 6.45) is -0.0575. The number of rotatable bonds is 10. The van der Waals surface area contributed by atoms with Crippen LogP contribution in [0.15, 0.2) is 79.3 Å². The Morgan fingerprint density at radius 2 is 1.74 bits per heavy atom. The smallest absolute Gasteiger partial charge is 0.416 e. The molecule has 1 unspecified atom stereocenters. The summed E-state index contributed by atoms with van der Waals surface area (Å²) in [5.74, 6) is -0.805. The fourth-order valence-corrected chi connectivity index (χ4v) is 5.24. The molecule has 1 aliphatic heterocycles. The molecule has 1 aromatic heterocycles. The molecule has 43 heavy (non-hydrogen) atoms. The molecule has 4 aromatic rings. The Bertz CT molecular complexity index is 1560. The van der Waals surface area contributed by atoms with E-state index >= 15 is 0 Å². The monoisotopic (exact) mass is 611 g/mol. The van der Waals surface area contributed by atoms with Crippen LogP contribution in [0.25, 0.3) is 0 Å². The van der Waals surface area contributed by atoms with Crippen LogP contribution >= 0.6 is 11.6 Å². The Morgan fingerprint density at radius 3 is 2.40 bits per heavy atom. The number of nitrogens with two attached hydrogens (primary N) is 1. The molecular formula is C31H29ClF3N5O3. The number of aromatic nitrogens is 2. The molecule has 0 fully saturated rings. The number of nitrogens with one attached hydrogen (secondary N) is 3. The molecule has 1 aliphatic rings. The molecule has 2 heterocycles. The average Bonchev–Trinajstić information content (AvgIpc) is 3.52. The van der Waals surface area contributed by atoms with Crippen LogP contribution in [0.1, 0.15) is 56.8 Å². The zero-order valence-electron chi connectivity index (χ0n) is 22.8. The first-order valence-corrected chi connectivity index (χ1v) is 14.0. The third-order valence-corrected chi connectivity index (χ3v) is 7.59. The lowest BCUT2D eigenvalue weighted by molar-refractivity contribution is -0.137. The number of hydrogen-bond acceptors (Lipinski definition) is 5. The standard InChI is InChI=1S/C31H29ClF3N5O3/c32-21-10-6-19(7-11-21)15-26(29(36)41)40-30(42)23-3-1-2-22-24(12-13-43-28(22)23)39-25(27-16-37-17-38-27)14-18-4-8-20(9-5-18)31(33,34)35/h1-11,16-17,24-26,39H,12-15H2,(H2,36,41)(H,37,38)(H,40,42)/t24?,25-,26-/m0/s1. The number of nitrogens with zero attached hydrogens (tertiary/aromatic N) is 1. The molecule has 3 aromatic carbocycles. The van der Waals surface area contributed by atoms with Crippen LogP contribution in [-0.4, -0.2) is 34.4 Å². The van der Waals surface area contributed by atoms with Gasteiger partial charge in [0.1, 0.15) is 11.8 Å². The Kier molecular flexibility index (Phi) is 9.02. The van der Waals surface area contributed by atoms with Crippen molar-refractivity contribution >= 4 is 23.4 Å². The lowest BCUT2D eigenvalue weighted by Gasteiger charge is -2.31. The highest BCUT2D eigenvalue weighted by Gasteiger charge is 2.31. The number of fused-ring (bicyclic) bond motifs is 1. The number of carbonyl (C=O) groups is 2. The number of para-hydroxylation sites is 1. The summed E-state index contributed by atoms with van der Waals surface area (Å²) < 4.78 is 45.2. The second kappa shape index (κ2) is 12.9. The first-order chi connectivity index (χ1) is 20.6. The number of ether oxygens (including phenoxy) is 1. The normalized spacial score (nSPS) is 16.0. The van der Waals surface area contributed by atoms with Crippen LogP contribution in [0.3, 0.4) is 0 Å². The summed E-state index contributed by atoms with van der Waals surface area (Å²) >= 11 is 5.95.